The van der Waals surface area contributed by atoms with Crippen LogP contribution in [-0.2, 0) is 22.5 Å². The fraction of sp³-hybridized carbons (Fsp3) is 0.556. The lowest BCUT2D eigenvalue weighted by Crippen LogP contribution is -2.39. The second kappa shape index (κ2) is 9.87. The first kappa shape index (κ1) is 19.0. The van der Waals surface area contributed by atoms with Gasteiger partial charge in [-0.1, -0.05) is 38.1 Å². The van der Waals surface area contributed by atoms with Crippen LogP contribution in [0.1, 0.15) is 31.9 Å². The van der Waals surface area contributed by atoms with Crippen LogP contribution >= 0.6 is 0 Å². The van der Waals surface area contributed by atoms with Gasteiger partial charge in [-0.25, -0.2) is 0 Å². The molecule has 0 amide bonds. The van der Waals surface area contributed by atoms with Crippen LogP contribution in [0.2, 0.25) is 0 Å². The molecule has 1 rings (SSSR count). The van der Waals surface area contributed by atoms with Gasteiger partial charge >= 0.3 is 5.97 Å². The Morgan fingerprint density at radius 2 is 1.87 bits per heavy atom. The molecule has 0 aliphatic rings. The van der Waals surface area contributed by atoms with Crippen LogP contribution in [0, 0.1) is 5.92 Å². The van der Waals surface area contributed by atoms with Gasteiger partial charge in [0.05, 0.1) is 19.6 Å². The molecular weight excluding hydrogens is 290 g/mol. The molecule has 23 heavy (non-hydrogen) atoms. The van der Waals surface area contributed by atoms with Crippen molar-refractivity contribution in [1.82, 2.24) is 10.2 Å². The maximum Gasteiger partial charge on any atom is 0.310 e. The Morgan fingerprint density at radius 1 is 1.26 bits per heavy atom. The molecule has 0 spiro atoms. The lowest BCUT2D eigenvalue weighted by atomic mass is 10.1. The second-order valence-corrected chi connectivity index (χ2v) is 5.64. The summed E-state index contributed by atoms with van der Waals surface area (Å²) in [7, 11) is 3.40. The van der Waals surface area contributed by atoms with E-state index in [1.807, 2.05) is 20.9 Å². The van der Waals surface area contributed by atoms with Crippen LogP contribution in [0.5, 0.6) is 0 Å². The molecular formula is C18H29N3O2. The third-order valence-corrected chi connectivity index (χ3v) is 3.67. The molecule has 0 bridgehead atoms. The topological polar surface area (TPSA) is 53.9 Å². The molecule has 1 aromatic carbocycles. The Bertz CT molecular complexity index is 512. The summed E-state index contributed by atoms with van der Waals surface area (Å²) < 4.78 is 4.74. The highest BCUT2D eigenvalue weighted by molar-refractivity contribution is 5.80. The number of methoxy groups -OCH3 is 1. The number of nitrogens with one attached hydrogen (secondary N) is 1. The summed E-state index contributed by atoms with van der Waals surface area (Å²) in [5.74, 6) is 0.316. The summed E-state index contributed by atoms with van der Waals surface area (Å²) in [6, 6.07) is 8.62. The minimum Gasteiger partial charge on any atom is -0.469 e. The SMILES string of the molecule is CCNC(=NCC(C)C(=O)OC)N(C)Cc1ccc(CC)cc1. The summed E-state index contributed by atoms with van der Waals surface area (Å²) in [5, 5.41) is 3.26. The number of esters is 1. The van der Waals surface area contributed by atoms with Crippen LogP contribution in [0.25, 0.3) is 0 Å². The zero-order valence-electron chi connectivity index (χ0n) is 14.9. The zero-order chi connectivity index (χ0) is 17.2. The maximum absolute atomic E-state index is 11.5. The summed E-state index contributed by atoms with van der Waals surface area (Å²) in [4.78, 5) is 18.1. The minimum absolute atomic E-state index is 0.234. The Labute approximate surface area is 139 Å². The standard InChI is InChI=1S/C18H29N3O2/c1-6-15-8-10-16(11-9-15)13-21(4)18(19-7-2)20-12-14(3)17(22)23-5/h8-11,14H,6-7,12-13H2,1-5H3,(H,19,20). The van der Waals surface area contributed by atoms with Crippen molar-refractivity contribution in [3.8, 4) is 0 Å². The molecule has 0 saturated heterocycles. The Kier molecular flexibility index (Phi) is 8.16. The average Bonchev–Trinajstić information content (AvgIpc) is 2.58. The molecule has 128 valence electrons. The maximum atomic E-state index is 11.5. The molecule has 0 saturated carbocycles. The second-order valence-electron chi connectivity index (χ2n) is 5.64. The molecule has 0 fully saturated rings. The number of hydrogen-bond donors (Lipinski definition) is 1. The van der Waals surface area contributed by atoms with Crippen molar-refractivity contribution >= 4 is 11.9 Å². The van der Waals surface area contributed by atoms with Crippen molar-refractivity contribution in [2.24, 2.45) is 10.9 Å². The van der Waals surface area contributed by atoms with Gasteiger partial charge < -0.3 is 15.0 Å². The van der Waals surface area contributed by atoms with Gasteiger partial charge in [-0.05, 0) is 24.5 Å². The number of carbonyl (C=O) groups is 1. The number of carbonyl (C=O) groups excluding carboxylic acids is 1. The molecule has 0 aliphatic carbocycles. The van der Waals surface area contributed by atoms with Crippen molar-refractivity contribution in [1.29, 1.82) is 0 Å². The lowest BCUT2D eigenvalue weighted by molar-refractivity contribution is -0.144. The number of rotatable bonds is 7. The highest BCUT2D eigenvalue weighted by Crippen LogP contribution is 2.08. The first-order valence-corrected chi connectivity index (χ1v) is 8.16. The van der Waals surface area contributed by atoms with Gasteiger partial charge in [-0.3, -0.25) is 9.79 Å². The number of benzene rings is 1. The van der Waals surface area contributed by atoms with E-state index >= 15 is 0 Å². The van der Waals surface area contributed by atoms with E-state index in [1.54, 1.807) is 0 Å². The molecule has 1 aromatic rings. The Hall–Kier alpha value is -2.04. The van der Waals surface area contributed by atoms with Crippen molar-refractivity contribution in [3.05, 3.63) is 35.4 Å². The number of aryl methyl sites for hydroxylation is 1. The predicted octanol–water partition coefficient (Wildman–Crippen LogP) is 2.46. The summed E-state index contributed by atoms with van der Waals surface area (Å²) in [6.45, 7) is 7.96. The fourth-order valence-electron chi connectivity index (χ4n) is 2.20. The molecule has 1 N–H and O–H groups in total. The Balaban J connectivity index is 2.72. The predicted molar refractivity (Wildman–Crippen MR) is 94.4 cm³/mol. The minimum atomic E-state index is -0.245. The van der Waals surface area contributed by atoms with Crippen LogP contribution < -0.4 is 5.32 Å². The molecule has 5 nitrogen and oxygen atoms in total. The lowest BCUT2D eigenvalue weighted by Gasteiger charge is -2.22. The van der Waals surface area contributed by atoms with Crippen LogP contribution in [-0.4, -0.2) is 44.1 Å². The summed E-state index contributed by atoms with van der Waals surface area (Å²) >= 11 is 0. The number of guanidine groups is 1. The number of aliphatic imine (C=N–C) groups is 1. The van der Waals surface area contributed by atoms with Gasteiger partial charge in [0.15, 0.2) is 5.96 Å². The molecule has 1 atom stereocenters. The average molecular weight is 319 g/mol. The third-order valence-electron chi connectivity index (χ3n) is 3.67. The van der Waals surface area contributed by atoms with E-state index in [-0.39, 0.29) is 11.9 Å². The highest BCUT2D eigenvalue weighted by Gasteiger charge is 2.14. The molecule has 1 unspecified atom stereocenters. The smallest absolute Gasteiger partial charge is 0.310 e. The summed E-state index contributed by atoms with van der Waals surface area (Å²) in [6.07, 6.45) is 1.05. The molecule has 0 aliphatic heterocycles. The largest absolute Gasteiger partial charge is 0.469 e. The van der Waals surface area contributed by atoms with Gasteiger partial charge in [0.2, 0.25) is 0 Å². The highest BCUT2D eigenvalue weighted by atomic mass is 16.5. The first-order chi connectivity index (χ1) is 11.0. The monoisotopic (exact) mass is 319 g/mol. The number of ether oxygens (including phenoxy) is 1. The third kappa shape index (κ3) is 6.30. The molecule has 5 heteroatoms. The van der Waals surface area contributed by atoms with Crippen molar-refractivity contribution < 1.29 is 9.53 Å². The quantitative estimate of drug-likeness (QED) is 0.476. The van der Waals surface area contributed by atoms with E-state index in [1.165, 1.54) is 18.2 Å². The van der Waals surface area contributed by atoms with Crippen LogP contribution in [0.4, 0.5) is 0 Å². The van der Waals surface area contributed by atoms with E-state index in [0.717, 1.165) is 25.5 Å². The first-order valence-electron chi connectivity index (χ1n) is 8.16. The molecule has 0 heterocycles. The van der Waals surface area contributed by atoms with E-state index in [0.29, 0.717) is 6.54 Å². The van der Waals surface area contributed by atoms with E-state index in [9.17, 15) is 4.79 Å². The Morgan fingerprint density at radius 3 is 2.39 bits per heavy atom. The van der Waals surface area contributed by atoms with Gasteiger partial charge in [0, 0.05) is 20.1 Å². The van der Waals surface area contributed by atoms with Gasteiger partial charge in [-0.15, -0.1) is 0 Å². The van der Waals surface area contributed by atoms with Gasteiger partial charge in [0.25, 0.3) is 0 Å². The van der Waals surface area contributed by atoms with Gasteiger partial charge in [0.1, 0.15) is 0 Å². The number of hydrogen-bond acceptors (Lipinski definition) is 3. The van der Waals surface area contributed by atoms with E-state index in [2.05, 4.69) is 46.4 Å². The van der Waals surface area contributed by atoms with Gasteiger partial charge in [-0.2, -0.15) is 0 Å². The van der Waals surface area contributed by atoms with Crippen LogP contribution in [0.3, 0.4) is 0 Å². The fourth-order valence-corrected chi connectivity index (χ4v) is 2.20. The molecule has 0 aromatic heterocycles. The van der Waals surface area contributed by atoms with E-state index < -0.39 is 0 Å². The summed E-state index contributed by atoms with van der Waals surface area (Å²) in [5.41, 5.74) is 2.57. The number of nitrogens with zero attached hydrogens (tertiary/aromatic N) is 2. The normalized spacial score (nSPS) is 12.7. The van der Waals surface area contributed by atoms with Crippen LogP contribution in [0.15, 0.2) is 29.3 Å². The van der Waals surface area contributed by atoms with Crippen molar-refractivity contribution in [2.75, 3.05) is 27.2 Å². The van der Waals surface area contributed by atoms with Crippen molar-refractivity contribution in [3.63, 3.8) is 0 Å². The zero-order valence-corrected chi connectivity index (χ0v) is 14.9. The molecule has 0 radical (unpaired) electrons. The van der Waals surface area contributed by atoms with E-state index in [4.69, 9.17) is 4.74 Å². The van der Waals surface area contributed by atoms with Crippen molar-refractivity contribution in [2.45, 2.75) is 33.7 Å².